The molecular weight excluding hydrogens is 308 g/mol. The highest BCUT2D eigenvalue weighted by Gasteiger charge is 2.13. The Labute approximate surface area is 149 Å². The fraction of sp³-hybridized carbons (Fsp3) is 0.130. The zero-order valence-electron chi connectivity index (χ0n) is 14.4. The Kier molecular flexibility index (Phi) is 5.65. The van der Waals surface area contributed by atoms with Crippen LogP contribution in [0.15, 0.2) is 84.9 Å². The summed E-state index contributed by atoms with van der Waals surface area (Å²) in [6.07, 6.45) is 0.597. The second-order valence-corrected chi connectivity index (χ2v) is 5.79. The number of ether oxygens (including phenoxy) is 1. The quantitative estimate of drug-likeness (QED) is 0.642. The summed E-state index contributed by atoms with van der Waals surface area (Å²) in [5, 5.41) is 9.67. The van der Waals surface area contributed by atoms with E-state index in [-0.39, 0.29) is 6.61 Å². The molecule has 0 heterocycles. The zero-order valence-corrected chi connectivity index (χ0v) is 14.4. The van der Waals surface area contributed by atoms with Crippen molar-refractivity contribution in [3.8, 4) is 5.75 Å². The van der Waals surface area contributed by atoms with E-state index in [0.717, 1.165) is 33.6 Å². The van der Waals surface area contributed by atoms with Gasteiger partial charge in [0.25, 0.3) is 0 Å². The molecule has 25 heavy (non-hydrogen) atoms. The van der Waals surface area contributed by atoms with Crippen molar-refractivity contribution in [1.82, 2.24) is 0 Å². The van der Waals surface area contributed by atoms with Gasteiger partial charge in [0.15, 0.2) is 0 Å². The summed E-state index contributed by atoms with van der Waals surface area (Å²) >= 11 is 0. The second-order valence-electron chi connectivity index (χ2n) is 5.79. The number of hydrogen-bond donors (Lipinski definition) is 1. The van der Waals surface area contributed by atoms with Crippen LogP contribution in [0.25, 0.3) is 11.1 Å². The van der Waals surface area contributed by atoms with Crippen LogP contribution in [0.3, 0.4) is 0 Å². The van der Waals surface area contributed by atoms with Crippen molar-refractivity contribution in [2.45, 2.75) is 6.42 Å². The highest BCUT2D eigenvalue weighted by molar-refractivity contribution is 5.98. The Hall–Kier alpha value is -2.84. The minimum Gasteiger partial charge on any atom is -0.497 e. The van der Waals surface area contributed by atoms with Crippen molar-refractivity contribution in [2.75, 3.05) is 13.7 Å². The third kappa shape index (κ3) is 3.98. The van der Waals surface area contributed by atoms with Crippen LogP contribution < -0.4 is 4.74 Å². The van der Waals surface area contributed by atoms with E-state index in [1.807, 2.05) is 48.5 Å². The van der Waals surface area contributed by atoms with Gasteiger partial charge >= 0.3 is 0 Å². The minimum absolute atomic E-state index is 0.108. The molecule has 126 valence electrons. The van der Waals surface area contributed by atoms with E-state index in [9.17, 15) is 5.11 Å². The highest BCUT2D eigenvalue weighted by atomic mass is 16.5. The Balaban J connectivity index is 2.23. The molecule has 0 atom stereocenters. The van der Waals surface area contributed by atoms with Crippen LogP contribution in [-0.4, -0.2) is 18.8 Å². The Morgan fingerprint density at radius 1 is 0.720 bits per heavy atom. The molecule has 0 aliphatic rings. The monoisotopic (exact) mass is 330 g/mol. The van der Waals surface area contributed by atoms with Crippen molar-refractivity contribution < 1.29 is 9.84 Å². The number of aliphatic hydroxyl groups excluding tert-OH is 1. The number of methoxy groups -OCH3 is 1. The molecule has 0 saturated carbocycles. The van der Waals surface area contributed by atoms with Crippen LogP contribution in [0.1, 0.15) is 23.1 Å². The summed E-state index contributed by atoms with van der Waals surface area (Å²) in [5.41, 5.74) is 5.66. The lowest BCUT2D eigenvalue weighted by Crippen LogP contribution is -1.98. The molecule has 1 N–H and O–H groups in total. The van der Waals surface area contributed by atoms with E-state index in [1.54, 1.807) is 7.11 Å². The van der Waals surface area contributed by atoms with Crippen molar-refractivity contribution >= 4 is 11.1 Å². The summed E-state index contributed by atoms with van der Waals surface area (Å²) in [5.74, 6) is 0.833. The van der Waals surface area contributed by atoms with E-state index in [1.165, 1.54) is 0 Å². The molecule has 0 fully saturated rings. The van der Waals surface area contributed by atoms with Crippen molar-refractivity contribution in [3.05, 3.63) is 102 Å². The lowest BCUT2D eigenvalue weighted by Gasteiger charge is -2.17. The largest absolute Gasteiger partial charge is 0.497 e. The fourth-order valence-corrected chi connectivity index (χ4v) is 3.04. The maximum Gasteiger partial charge on any atom is 0.118 e. The highest BCUT2D eigenvalue weighted by Crippen LogP contribution is 2.34. The van der Waals surface area contributed by atoms with Gasteiger partial charge in [-0.25, -0.2) is 0 Å². The average molecular weight is 330 g/mol. The van der Waals surface area contributed by atoms with Crippen LogP contribution in [0, 0.1) is 0 Å². The molecule has 2 nitrogen and oxygen atoms in total. The van der Waals surface area contributed by atoms with Gasteiger partial charge in [0.2, 0.25) is 0 Å². The van der Waals surface area contributed by atoms with Crippen molar-refractivity contribution in [1.29, 1.82) is 0 Å². The third-order valence-electron chi connectivity index (χ3n) is 4.23. The Morgan fingerprint density at radius 3 is 1.76 bits per heavy atom. The molecule has 2 heteroatoms. The predicted molar refractivity (Wildman–Crippen MR) is 103 cm³/mol. The van der Waals surface area contributed by atoms with Gasteiger partial charge in [0.1, 0.15) is 5.75 Å². The minimum atomic E-state index is 0.108. The summed E-state index contributed by atoms with van der Waals surface area (Å²) in [4.78, 5) is 0. The van der Waals surface area contributed by atoms with Crippen molar-refractivity contribution in [3.63, 3.8) is 0 Å². The lowest BCUT2D eigenvalue weighted by molar-refractivity contribution is 0.305. The van der Waals surface area contributed by atoms with Gasteiger partial charge in [-0.1, -0.05) is 72.8 Å². The van der Waals surface area contributed by atoms with E-state index in [0.29, 0.717) is 6.42 Å². The molecular formula is C23H22O2. The van der Waals surface area contributed by atoms with Gasteiger partial charge in [-0.05, 0) is 46.4 Å². The summed E-state index contributed by atoms with van der Waals surface area (Å²) < 4.78 is 5.29. The van der Waals surface area contributed by atoms with Crippen LogP contribution in [0.2, 0.25) is 0 Å². The van der Waals surface area contributed by atoms with Gasteiger partial charge in [-0.2, -0.15) is 0 Å². The molecule has 0 aliphatic heterocycles. The maximum atomic E-state index is 9.67. The number of hydrogen-bond acceptors (Lipinski definition) is 2. The molecule has 3 rings (SSSR count). The van der Waals surface area contributed by atoms with Crippen LogP contribution >= 0.6 is 0 Å². The molecule has 3 aromatic rings. The first-order valence-electron chi connectivity index (χ1n) is 8.42. The average Bonchev–Trinajstić information content (AvgIpc) is 2.69. The zero-order chi connectivity index (χ0) is 17.5. The van der Waals surface area contributed by atoms with Crippen LogP contribution in [-0.2, 0) is 0 Å². The summed E-state index contributed by atoms with van der Waals surface area (Å²) in [6.45, 7) is 0.108. The smallest absolute Gasteiger partial charge is 0.118 e. The number of aliphatic hydroxyl groups is 1. The third-order valence-corrected chi connectivity index (χ3v) is 4.23. The summed E-state index contributed by atoms with van der Waals surface area (Å²) in [7, 11) is 1.67. The lowest BCUT2D eigenvalue weighted by atomic mass is 9.88. The van der Waals surface area contributed by atoms with Crippen LogP contribution in [0.5, 0.6) is 5.75 Å². The standard InChI is InChI=1S/C23H22O2/c1-25-21-14-12-20(13-15-21)23(19-10-6-3-7-11-19)22(16-17-24)18-8-4-2-5-9-18/h2-15,24H,16-17H2,1H3/b23-22+. The topological polar surface area (TPSA) is 29.5 Å². The fourth-order valence-electron chi connectivity index (χ4n) is 3.04. The van der Waals surface area contributed by atoms with Gasteiger partial charge in [0.05, 0.1) is 7.11 Å². The normalized spacial score (nSPS) is 11.8. The molecule has 0 bridgehead atoms. The Bertz CT molecular complexity index is 819. The molecule has 3 aromatic carbocycles. The molecule has 0 unspecified atom stereocenters. The van der Waals surface area contributed by atoms with E-state index >= 15 is 0 Å². The molecule has 0 aliphatic carbocycles. The van der Waals surface area contributed by atoms with Gasteiger partial charge in [0, 0.05) is 6.61 Å². The van der Waals surface area contributed by atoms with E-state index in [4.69, 9.17) is 4.74 Å². The number of benzene rings is 3. The first-order chi connectivity index (χ1) is 12.3. The van der Waals surface area contributed by atoms with Crippen LogP contribution in [0.4, 0.5) is 0 Å². The van der Waals surface area contributed by atoms with Gasteiger partial charge in [-0.15, -0.1) is 0 Å². The SMILES string of the molecule is COc1ccc(/C(=C(\CCO)c2ccccc2)c2ccccc2)cc1. The molecule has 0 saturated heterocycles. The first-order valence-corrected chi connectivity index (χ1v) is 8.42. The van der Waals surface area contributed by atoms with Crippen molar-refractivity contribution in [2.24, 2.45) is 0 Å². The summed E-state index contributed by atoms with van der Waals surface area (Å²) in [6, 6.07) is 28.7. The molecule has 0 radical (unpaired) electrons. The van der Waals surface area contributed by atoms with E-state index < -0.39 is 0 Å². The molecule has 0 amide bonds. The van der Waals surface area contributed by atoms with Gasteiger partial charge < -0.3 is 9.84 Å². The predicted octanol–water partition coefficient (Wildman–Crippen LogP) is 5.04. The van der Waals surface area contributed by atoms with Gasteiger partial charge in [-0.3, -0.25) is 0 Å². The first kappa shape index (κ1) is 17.0. The maximum absolute atomic E-state index is 9.67. The van der Waals surface area contributed by atoms with E-state index in [2.05, 4.69) is 36.4 Å². The molecule has 0 spiro atoms. The molecule has 0 aromatic heterocycles. The Morgan fingerprint density at radius 2 is 1.24 bits per heavy atom. The second kappa shape index (κ2) is 8.32. The number of rotatable bonds is 6.